The van der Waals surface area contributed by atoms with Gasteiger partial charge < -0.3 is 9.31 Å². The van der Waals surface area contributed by atoms with Crippen LogP contribution in [0.15, 0.2) is 36.5 Å². The van der Waals surface area contributed by atoms with Gasteiger partial charge in [-0.3, -0.25) is 0 Å². The third-order valence-electron chi connectivity index (χ3n) is 3.78. The lowest BCUT2D eigenvalue weighted by Crippen LogP contribution is -2.41. The van der Waals surface area contributed by atoms with Crippen molar-refractivity contribution in [1.82, 2.24) is 9.78 Å². The fourth-order valence-electron chi connectivity index (χ4n) is 1.84. The normalized spacial score (nSPS) is 24.0. The summed E-state index contributed by atoms with van der Waals surface area (Å²) in [5.74, 6) is -1.29. The maximum absolute atomic E-state index is 13.8. The fourth-order valence-corrected chi connectivity index (χ4v) is 1.84. The van der Waals surface area contributed by atoms with Crippen LogP contribution in [-0.4, -0.2) is 28.1 Å². The average molecular weight is 294 g/mol. The van der Waals surface area contributed by atoms with E-state index in [0.717, 1.165) is 4.68 Å². The standard InChI is InChI=1S/C15H18BFN2O2/c1-14(2)15(3,4)21-16(20-14)11-9-18-19(10-11)13-7-5-12(17)6-8-13/h5-10H,1-4H3/i5D,6D,7D,8D,9D,10D. The molecule has 1 aromatic heterocycles. The number of hydrogen-bond acceptors (Lipinski definition) is 3. The van der Waals surface area contributed by atoms with Gasteiger partial charge in [0.05, 0.1) is 25.1 Å². The zero-order chi connectivity index (χ0) is 20.5. The van der Waals surface area contributed by atoms with E-state index < -0.39 is 54.0 Å². The van der Waals surface area contributed by atoms with Gasteiger partial charge in [0, 0.05) is 17.8 Å². The summed E-state index contributed by atoms with van der Waals surface area (Å²) in [4.78, 5) is 0. The zero-order valence-corrected chi connectivity index (χ0v) is 12.2. The van der Waals surface area contributed by atoms with Crippen molar-refractivity contribution in [2.75, 3.05) is 0 Å². The predicted molar refractivity (Wildman–Crippen MR) is 79.2 cm³/mol. The molecular formula is C15H18BFN2O2. The Morgan fingerprint density at radius 3 is 2.29 bits per heavy atom. The molecule has 0 unspecified atom stereocenters. The molecule has 21 heavy (non-hydrogen) atoms. The Morgan fingerprint density at radius 2 is 1.71 bits per heavy atom. The average Bonchev–Trinajstić information content (AvgIpc) is 2.95. The molecule has 0 saturated carbocycles. The van der Waals surface area contributed by atoms with Crippen molar-refractivity contribution in [3.63, 3.8) is 0 Å². The second-order valence-electron chi connectivity index (χ2n) is 5.80. The molecule has 0 spiro atoms. The molecule has 2 heterocycles. The van der Waals surface area contributed by atoms with Gasteiger partial charge in [-0.05, 0) is 51.9 Å². The minimum absolute atomic E-state index is 0.00478. The predicted octanol–water partition coefficient (Wildman–Crippen LogP) is 2.31. The van der Waals surface area contributed by atoms with Crippen LogP contribution in [0.4, 0.5) is 4.39 Å². The smallest absolute Gasteiger partial charge is 0.399 e. The lowest BCUT2D eigenvalue weighted by molar-refractivity contribution is 0.00578. The van der Waals surface area contributed by atoms with Crippen molar-refractivity contribution in [2.45, 2.75) is 38.9 Å². The first-order chi connectivity index (χ1) is 12.3. The first-order valence-corrected chi connectivity index (χ1v) is 6.48. The Labute approximate surface area is 132 Å². The third kappa shape index (κ3) is 2.49. The zero-order valence-electron chi connectivity index (χ0n) is 18.2. The molecule has 0 N–H and O–H groups in total. The summed E-state index contributed by atoms with van der Waals surface area (Å²) in [6.07, 6.45) is -0.745. The van der Waals surface area contributed by atoms with Crippen molar-refractivity contribution in [2.24, 2.45) is 0 Å². The molecule has 1 aliphatic heterocycles. The van der Waals surface area contributed by atoms with Gasteiger partial charge in [0.2, 0.25) is 0 Å². The molecule has 2 aromatic rings. The van der Waals surface area contributed by atoms with Crippen molar-refractivity contribution in [3.8, 4) is 5.69 Å². The van der Waals surface area contributed by atoms with E-state index in [1.165, 1.54) is 0 Å². The summed E-state index contributed by atoms with van der Waals surface area (Å²) in [6, 6.07) is -3.12. The first-order valence-electron chi connectivity index (χ1n) is 9.48. The Kier molecular flexibility index (Phi) is 1.94. The maximum atomic E-state index is 13.8. The monoisotopic (exact) mass is 294 g/mol. The van der Waals surface area contributed by atoms with Crippen molar-refractivity contribution in [3.05, 3.63) is 42.3 Å². The molecule has 0 aliphatic carbocycles. The number of aromatic nitrogens is 2. The van der Waals surface area contributed by atoms with Gasteiger partial charge in [-0.1, -0.05) is 0 Å². The molecule has 1 saturated heterocycles. The maximum Gasteiger partial charge on any atom is 0.498 e. The van der Waals surface area contributed by atoms with Gasteiger partial charge in [-0.15, -0.1) is 0 Å². The van der Waals surface area contributed by atoms with Crippen LogP contribution in [0, 0.1) is 5.82 Å². The van der Waals surface area contributed by atoms with E-state index in [2.05, 4.69) is 5.10 Å². The molecule has 1 fully saturated rings. The lowest BCUT2D eigenvalue weighted by atomic mass is 9.82. The van der Waals surface area contributed by atoms with E-state index in [1.54, 1.807) is 0 Å². The first kappa shape index (κ1) is 8.71. The molecular weight excluding hydrogens is 270 g/mol. The van der Waals surface area contributed by atoms with Crippen LogP contribution in [0.1, 0.15) is 35.9 Å². The van der Waals surface area contributed by atoms with E-state index in [1.807, 2.05) is 27.7 Å². The fraction of sp³-hybridized carbons (Fsp3) is 0.400. The van der Waals surface area contributed by atoms with Crippen LogP contribution < -0.4 is 5.46 Å². The number of halogens is 1. The Hall–Kier alpha value is -1.66. The molecule has 110 valence electrons. The molecule has 4 nitrogen and oxygen atoms in total. The van der Waals surface area contributed by atoms with Crippen LogP contribution >= 0.6 is 0 Å². The highest BCUT2D eigenvalue weighted by Crippen LogP contribution is 2.36. The summed E-state index contributed by atoms with van der Waals surface area (Å²) < 4.78 is 73.8. The van der Waals surface area contributed by atoms with Crippen LogP contribution in [0.2, 0.25) is 0 Å². The molecule has 0 amide bonds. The minimum atomic E-state index is -1.29. The Bertz CT molecular complexity index is 904. The summed E-state index contributed by atoms with van der Waals surface area (Å²) in [5, 5.41) is 3.86. The van der Waals surface area contributed by atoms with Crippen LogP contribution in [0.5, 0.6) is 0 Å². The molecule has 6 heteroatoms. The molecule has 1 aliphatic rings. The molecule has 1 aromatic carbocycles. The molecule has 3 rings (SSSR count). The summed E-state index contributed by atoms with van der Waals surface area (Å²) >= 11 is 0. The minimum Gasteiger partial charge on any atom is -0.399 e. The number of benzene rings is 1. The van der Waals surface area contributed by atoms with Gasteiger partial charge >= 0.3 is 7.12 Å². The van der Waals surface area contributed by atoms with E-state index in [4.69, 9.17) is 17.5 Å². The van der Waals surface area contributed by atoms with Crippen molar-refractivity contribution in [1.29, 1.82) is 0 Å². The summed E-state index contributed by atoms with van der Waals surface area (Å²) in [7, 11) is -1.06. The highest BCUT2D eigenvalue weighted by atomic mass is 19.1. The topological polar surface area (TPSA) is 36.3 Å². The summed E-state index contributed by atoms with van der Waals surface area (Å²) in [6.45, 7) is 7.25. The number of nitrogens with zero attached hydrogens (tertiary/aromatic N) is 2. The lowest BCUT2D eigenvalue weighted by Gasteiger charge is -2.32. The number of rotatable bonds is 2. The van der Waals surface area contributed by atoms with E-state index in [9.17, 15) is 4.39 Å². The Morgan fingerprint density at radius 1 is 1.14 bits per heavy atom. The third-order valence-corrected chi connectivity index (χ3v) is 3.78. The van der Waals surface area contributed by atoms with Crippen LogP contribution in [0.3, 0.4) is 0 Å². The SMILES string of the molecule is [2H]c1nn(-c2c([2H])c([2H])c(F)c([2H])c2[2H])c([2H])c1B1OC(C)(C)C(C)(C)O1. The summed E-state index contributed by atoms with van der Waals surface area (Å²) in [5.41, 5.74) is -1.83. The van der Waals surface area contributed by atoms with Gasteiger partial charge in [0.15, 0.2) is 0 Å². The van der Waals surface area contributed by atoms with Gasteiger partial charge in [-0.2, -0.15) is 5.10 Å². The van der Waals surface area contributed by atoms with Crippen molar-refractivity contribution < 1.29 is 21.9 Å². The Balaban J connectivity index is 2.18. The highest BCUT2D eigenvalue weighted by Gasteiger charge is 2.52. The molecule has 0 bridgehead atoms. The number of hydrogen-bond donors (Lipinski definition) is 0. The highest BCUT2D eigenvalue weighted by molar-refractivity contribution is 6.62. The van der Waals surface area contributed by atoms with E-state index in [0.29, 0.717) is 0 Å². The van der Waals surface area contributed by atoms with Gasteiger partial charge in [0.1, 0.15) is 5.82 Å². The van der Waals surface area contributed by atoms with Gasteiger partial charge in [0.25, 0.3) is 0 Å². The van der Waals surface area contributed by atoms with E-state index >= 15 is 0 Å². The second-order valence-corrected chi connectivity index (χ2v) is 5.80. The van der Waals surface area contributed by atoms with Crippen molar-refractivity contribution >= 4 is 12.6 Å². The van der Waals surface area contributed by atoms with Crippen LogP contribution in [0.25, 0.3) is 5.69 Å². The molecule has 0 radical (unpaired) electrons. The van der Waals surface area contributed by atoms with Gasteiger partial charge in [-0.25, -0.2) is 9.07 Å². The molecule has 0 atom stereocenters. The van der Waals surface area contributed by atoms with E-state index in [-0.39, 0.29) is 17.8 Å². The van der Waals surface area contributed by atoms with Crippen LogP contribution in [-0.2, 0) is 9.31 Å². The second kappa shape index (κ2) is 4.68. The quantitative estimate of drug-likeness (QED) is 0.798. The largest absolute Gasteiger partial charge is 0.498 e.